The Morgan fingerprint density at radius 3 is 2.56 bits per heavy atom. The normalized spacial score (nSPS) is 18.2. The smallest absolute Gasteiger partial charge is 0.331 e. The maximum atomic E-state index is 13.3. The van der Waals surface area contributed by atoms with Crippen molar-refractivity contribution in [3.8, 4) is 5.75 Å². The van der Waals surface area contributed by atoms with E-state index in [1.54, 1.807) is 12.1 Å². The van der Waals surface area contributed by atoms with Crippen LogP contribution in [0, 0.1) is 0 Å². The molecule has 5 rings (SSSR count). The van der Waals surface area contributed by atoms with Crippen LogP contribution in [0.15, 0.2) is 60.3 Å². The number of amides is 4. The number of hydrogen-bond donors (Lipinski definition) is 1. The molecule has 1 saturated heterocycles. The highest BCUT2D eigenvalue weighted by Crippen LogP contribution is 2.29. The van der Waals surface area contributed by atoms with Crippen molar-refractivity contribution in [1.29, 1.82) is 0 Å². The summed E-state index contributed by atoms with van der Waals surface area (Å²) in [5, 5.41) is 3.88. The number of hydrogen-bond acceptors (Lipinski definition) is 4. The van der Waals surface area contributed by atoms with Crippen molar-refractivity contribution in [3.05, 3.63) is 70.9 Å². The highest BCUT2D eigenvalue weighted by Gasteiger charge is 2.40. The van der Waals surface area contributed by atoms with Crippen LogP contribution in [-0.4, -0.2) is 40.0 Å². The van der Waals surface area contributed by atoms with E-state index in [-0.39, 0.29) is 11.6 Å². The van der Waals surface area contributed by atoms with Crippen LogP contribution < -0.4 is 10.1 Å². The minimum Gasteiger partial charge on any atom is -0.492 e. The lowest BCUT2D eigenvalue weighted by Crippen LogP contribution is -2.58. The number of barbiturate groups is 1. The molecule has 2 aromatic carbocycles. The number of aromatic nitrogens is 1. The van der Waals surface area contributed by atoms with E-state index in [4.69, 9.17) is 16.3 Å². The maximum Gasteiger partial charge on any atom is 0.331 e. The number of para-hydroxylation sites is 2. The lowest BCUT2D eigenvalue weighted by Gasteiger charge is -2.35. The molecule has 4 amide bonds. The number of benzene rings is 2. The van der Waals surface area contributed by atoms with Crippen molar-refractivity contribution in [3.63, 3.8) is 0 Å². The highest BCUT2D eigenvalue weighted by molar-refractivity contribution is 6.32. The quantitative estimate of drug-likeness (QED) is 0.259. The molecule has 1 aliphatic heterocycles. The fourth-order valence-corrected chi connectivity index (χ4v) is 5.24. The third kappa shape index (κ3) is 4.88. The minimum absolute atomic E-state index is 0.00914. The molecule has 3 aromatic rings. The van der Waals surface area contributed by atoms with Gasteiger partial charge in [0.2, 0.25) is 0 Å². The van der Waals surface area contributed by atoms with Crippen LogP contribution in [0.4, 0.5) is 4.79 Å². The number of carbonyl (C=O) groups is 3. The van der Waals surface area contributed by atoms with E-state index in [1.807, 2.05) is 48.7 Å². The Balaban J connectivity index is 1.37. The van der Waals surface area contributed by atoms with Gasteiger partial charge in [0.25, 0.3) is 11.8 Å². The zero-order valence-electron chi connectivity index (χ0n) is 19.9. The van der Waals surface area contributed by atoms with Gasteiger partial charge in [-0.3, -0.25) is 19.8 Å². The molecule has 0 radical (unpaired) electrons. The summed E-state index contributed by atoms with van der Waals surface area (Å²) >= 11 is 6.17. The van der Waals surface area contributed by atoms with Gasteiger partial charge in [0.1, 0.15) is 11.3 Å². The molecular formula is C28H28ClN3O4. The lowest BCUT2D eigenvalue weighted by molar-refractivity contribution is -0.132. The van der Waals surface area contributed by atoms with E-state index in [9.17, 15) is 14.4 Å². The van der Waals surface area contributed by atoms with Crippen LogP contribution in [0.2, 0.25) is 5.02 Å². The summed E-state index contributed by atoms with van der Waals surface area (Å²) < 4.78 is 7.90. The van der Waals surface area contributed by atoms with Crippen molar-refractivity contribution < 1.29 is 19.1 Å². The largest absolute Gasteiger partial charge is 0.492 e. The summed E-state index contributed by atoms with van der Waals surface area (Å²) in [6, 6.07) is 14.4. The number of aryl methyl sites for hydroxylation is 1. The number of imide groups is 2. The Morgan fingerprint density at radius 2 is 1.75 bits per heavy atom. The van der Waals surface area contributed by atoms with E-state index >= 15 is 0 Å². The average Bonchev–Trinajstić information content (AvgIpc) is 3.23. The first-order valence-corrected chi connectivity index (χ1v) is 12.8. The van der Waals surface area contributed by atoms with Crippen LogP contribution in [-0.2, 0) is 16.1 Å². The second-order valence-electron chi connectivity index (χ2n) is 9.21. The molecule has 0 atom stereocenters. The van der Waals surface area contributed by atoms with Crippen LogP contribution in [0.3, 0.4) is 0 Å². The standard InChI is InChI=1S/C28H28ClN3O4/c29-23-12-5-7-14-25(23)36-16-8-15-31-18-19(21-11-4-6-13-24(21)31)17-22-26(33)30-28(35)32(27(22)34)20-9-2-1-3-10-20/h4-7,11-14,17-18,20H,1-3,8-10,15-16H2,(H,30,33,35)/b22-17+. The van der Waals surface area contributed by atoms with Gasteiger partial charge in [-0.25, -0.2) is 4.79 Å². The Kier molecular flexibility index (Phi) is 7.09. The number of nitrogens with zero attached hydrogens (tertiary/aromatic N) is 2. The molecule has 1 N–H and O–H groups in total. The van der Waals surface area contributed by atoms with Gasteiger partial charge in [0, 0.05) is 35.2 Å². The average molecular weight is 506 g/mol. The number of carbonyl (C=O) groups excluding carboxylic acids is 3. The first kappa shape index (κ1) is 24.1. The number of fused-ring (bicyclic) bond motifs is 1. The van der Waals surface area contributed by atoms with Gasteiger partial charge < -0.3 is 9.30 Å². The molecule has 7 nitrogen and oxygen atoms in total. The lowest BCUT2D eigenvalue weighted by atomic mass is 9.93. The molecule has 186 valence electrons. The second kappa shape index (κ2) is 10.6. The number of urea groups is 1. The van der Waals surface area contributed by atoms with Crippen molar-refractivity contribution in [2.45, 2.75) is 51.1 Å². The topological polar surface area (TPSA) is 80.6 Å². The summed E-state index contributed by atoms with van der Waals surface area (Å²) in [5.41, 5.74) is 1.74. The molecule has 0 spiro atoms. The Morgan fingerprint density at radius 1 is 1.00 bits per heavy atom. The van der Waals surface area contributed by atoms with Gasteiger partial charge in [0.05, 0.1) is 11.6 Å². The number of rotatable bonds is 7. The molecule has 0 bridgehead atoms. The molecular weight excluding hydrogens is 478 g/mol. The Labute approximate surface area is 214 Å². The second-order valence-corrected chi connectivity index (χ2v) is 9.62. The molecule has 1 saturated carbocycles. The summed E-state index contributed by atoms with van der Waals surface area (Å²) in [4.78, 5) is 39.8. The van der Waals surface area contributed by atoms with Crippen LogP contribution in [0.25, 0.3) is 17.0 Å². The molecule has 0 unspecified atom stereocenters. The third-order valence-electron chi connectivity index (χ3n) is 6.83. The zero-order valence-corrected chi connectivity index (χ0v) is 20.7. The predicted molar refractivity (Wildman–Crippen MR) is 139 cm³/mol. The molecule has 1 aliphatic carbocycles. The van der Waals surface area contributed by atoms with Gasteiger partial charge >= 0.3 is 6.03 Å². The van der Waals surface area contributed by atoms with Crippen LogP contribution in [0.1, 0.15) is 44.1 Å². The van der Waals surface area contributed by atoms with Gasteiger partial charge in [-0.05, 0) is 43.5 Å². The predicted octanol–water partition coefficient (Wildman–Crippen LogP) is 5.56. The van der Waals surface area contributed by atoms with E-state index in [0.29, 0.717) is 23.9 Å². The van der Waals surface area contributed by atoms with Crippen LogP contribution in [0.5, 0.6) is 5.75 Å². The Bertz CT molecular complexity index is 1340. The minimum atomic E-state index is -0.651. The molecule has 36 heavy (non-hydrogen) atoms. The summed E-state index contributed by atoms with van der Waals surface area (Å²) in [7, 11) is 0. The fourth-order valence-electron chi connectivity index (χ4n) is 5.05. The zero-order chi connectivity index (χ0) is 25.1. The monoisotopic (exact) mass is 505 g/mol. The van der Waals surface area contributed by atoms with Crippen molar-refractivity contribution >= 4 is 46.4 Å². The van der Waals surface area contributed by atoms with E-state index < -0.39 is 17.8 Å². The summed E-state index contributed by atoms with van der Waals surface area (Å²) in [6.07, 6.45) is 8.89. The van der Waals surface area contributed by atoms with Gasteiger partial charge in [-0.15, -0.1) is 0 Å². The summed E-state index contributed by atoms with van der Waals surface area (Å²) in [5.74, 6) is -0.511. The van der Waals surface area contributed by atoms with E-state index in [1.165, 1.54) is 4.90 Å². The number of ether oxygens (including phenoxy) is 1. The molecule has 8 heteroatoms. The van der Waals surface area contributed by atoms with Crippen molar-refractivity contribution in [1.82, 2.24) is 14.8 Å². The first-order valence-electron chi connectivity index (χ1n) is 12.4. The first-order chi connectivity index (χ1) is 17.5. The molecule has 2 heterocycles. The van der Waals surface area contributed by atoms with Crippen LogP contribution >= 0.6 is 11.6 Å². The fraction of sp³-hybridized carbons (Fsp3) is 0.321. The van der Waals surface area contributed by atoms with Gasteiger partial charge in [0.15, 0.2) is 0 Å². The number of halogens is 1. The maximum absolute atomic E-state index is 13.3. The third-order valence-corrected chi connectivity index (χ3v) is 7.14. The summed E-state index contributed by atoms with van der Waals surface area (Å²) in [6.45, 7) is 1.17. The Hall–Kier alpha value is -3.58. The number of nitrogens with one attached hydrogen (secondary N) is 1. The van der Waals surface area contributed by atoms with Gasteiger partial charge in [-0.1, -0.05) is 61.2 Å². The van der Waals surface area contributed by atoms with E-state index in [0.717, 1.165) is 55.0 Å². The van der Waals surface area contributed by atoms with E-state index in [2.05, 4.69) is 9.88 Å². The molecule has 1 aromatic heterocycles. The van der Waals surface area contributed by atoms with Crippen molar-refractivity contribution in [2.75, 3.05) is 6.61 Å². The SMILES string of the molecule is O=C1NC(=O)N(C2CCCCC2)C(=O)/C1=C/c1cn(CCCOc2ccccc2Cl)c2ccccc12. The molecule has 2 aliphatic rings. The highest BCUT2D eigenvalue weighted by atomic mass is 35.5. The van der Waals surface area contributed by atoms with Crippen molar-refractivity contribution in [2.24, 2.45) is 0 Å². The van der Waals surface area contributed by atoms with Gasteiger partial charge in [-0.2, -0.15) is 0 Å². The molecule has 2 fully saturated rings.